The van der Waals surface area contributed by atoms with Crippen LogP contribution in [0.2, 0.25) is 0 Å². The van der Waals surface area contributed by atoms with Gasteiger partial charge in [0.1, 0.15) is 5.67 Å². The number of benzene rings is 1. The summed E-state index contributed by atoms with van der Waals surface area (Å²) >= 11 is 0. The normalized spacial score (nSPS) is 19.1. The maximum absolute atomic E-state index is 14.3. The van der Waals surface area contributed by atoms with E-state index in [2.05, 4.69) is 10.6 Å². The van der Waals surface area contributed by atoms with Crippen molar-refractivity contribution in [3.8, 4) is 0 Å². The summed E-state index contributed by atoms with van der Waals surface area (Å²) in [6.45, 7) is 6.39. The first-order chi connectivity index (χ1) is 11.3. The van der Waals surface area contributed by atoms with Crippen molar-refractivity contribution in [2.24, 2.45) is 0 Å². The molecule has 1 aromatic carbocycles. The van der Waals surface area contributed by atoms with E-state index in [9.17, 15) is 22.4 Å². The zero-order valence-corrected chi connectivity index (χ0v) is 14.9. The molecule has 1 aliphatic heterocycles. The van der Waals surface area contributed by atoms with Gasteiger partial charge in [0.2, 0.25) is 5.91 Å². The number of nitrogens with one attached hydrogen (secondary N) is 2. The van der Waals surface area contributed by atoms with Crippen LogP contribution in [-0.4, -0.2) is 18.5 Å². The van der Waals surface area contributed by atoms with Gasteiger partial charge in [0.15, 0.2) is 0 Å². The number of rotatable bonds is 4. The van der Waals surface area contributed by atoms with Gasteiger partial charge in [-0.1, -0.05) is 6.07 Å². The Balaban J connectivity index is 2.39. The Labute approximate surface area is 145 Å². The second-order valence-corrected chi connectivity index (χ2v) is 7.53. The topological polar surface area (TPSA) is 41.1 Å². The molecule has 2 N–H and O–H groups in total. The molecule has 2 rings (SSSR count). The summed E-state index contributed by atoms with van der Waals surface area (Å²) in [7, 11) is 0. The standard InChI is InChI=1S/C18H24F4N2O/c1-16(2,19)11-8-12(10-13(9-11)18(20,21)22)17(3,4)24-15(25)14-6-5-7-23-14/h8-10,14,23H,5-7H2,1-4H3,(H,24,25)/t14-/m0/s1. The summed E-state index contributed by atoms with van der Waals surface area (Å²) in [6, 6.07) is 2.83. The number of alkyl halides is 4. The molecule has 1 aliphatic rings. The lowest BCUT2D eigenvalue weighted by Gasteiger charge is -2.30. The average molecular weight is 360 g/mol. The predicted octanol–water partition coefficient (Wildman–Crippen LogP) is 4.01. The monoisotopic (exact) mass is 360 g/mol. The quantitative estimate of drug-likeness (QED) is 0.797. The molecule has 1 saturated heterocycles. The maximum Gasteiger partial charge on any atom is 0.416 e. The molecule has 25 heavy (non-hydrogen) atoms. The number of halogens is 4. The Morgan fingerprint density at radius 2 is 1.60 bits per heavy atom. The van der Waals surface area contributed by atoms with Crippen LogP contribution in [0.4, 0.5) is 17.6 Å². The molecule has 1 fully saturated rings. The Kier molecular flexibility index (Phi) is 5.19. The minimum absolute atomic E-state index is 0.0707. The number of hydrogen-bond donors (Lipinski definition) is 2. The Morgan fingerprint density at radius 3 is 2.08 bits per heavy atom. The first-order valence-electron chi connectivity index (χ1n) is 8.28. The lowest BCUT2D eigenvalue weighted by molar-refractivity contribution is -0.137. The van der Waals surface area contributed by atoms with Gasteiger partial charge in [0.05, 0.1) is 17.1 Å². The van der Waals surface area contributed by atoms with Crippen LogP contribution in [0.25, 0.3) is 0 Å². The summed E-state index contributed by atoms with van der Waals surface area (Å²) in [5, 5.41) is 5.83. The van der Waals surface area contributed by atoms with Crippen LogP contribution < -0.4 is 10.6 Å². The van der Waals surface area contributed by atoms with Gasteiger partial charge in [-0.15, -0.1) is 0 Å². The second kappa shape index (κ2) is 6.59. The number of carbonyl (C=O) groups excluding carboxylic acids is 1. The van der Waals surface area contributed by atoms with E-state index in [0.29, 0.717) is 6.42 Å². The fourth-order valence-electron chi connectivity index (χ4n) is 2.87. The average Bonchev–Trinajstić information content (AvgIpc) is 2.98. The van der Waals surface area contributed by atoms with Crippen LogP contribution >= 0.6 is 0 Å². The Bertz CT molecular complexity index is 609. The molecule has 140 valence electrons. The van der Waals surface area contributed by atoms with Gasteiger partial charge in [-0.3, -0.25) is 4.79 Å². The van der Waals surface area contributed by atoms with Crippen molar-refractivity contribution >= 4 is 5.91 Å². The van der Waals surface area contributed by atoms with E-state index >= 15 is 0 Å². The lowest BCUT2D eigenvalue weighted by Crippen LogP contribution is -2.48. The lowest BCUT2D eigenvalue weighted by atomic mass is 9.87. The summed E-state index contributed by atoms with van der Waals surface area (Å²) in [5.41, 5.74) is -3.77. The van der Waals surface area contributed by atoms with Crippen molar-refractivity contribution in [1.29, 1.82) is 0 Å². The highest BCUT2D eigenvalue weighted by molar-refractivity contribution is 5.82. The minimum Gasteiger partial charge on any atom is -0.346 e. The SMILES string of the molecule is CC(C)(F)c1cc(C(F)(F)F)cc(C(C)(C)NC(=O)[C@@H]2CCCN2)c1. The Hall–Kier alpha value is -1.63. The molecule has 0 bridgehead atoms. The minimum atomic E-state index is -4.59. The summed E-state index contributed by atoms with van der Waals surface area (Å²) in [4.78, 5) is 12.3. The molecule has 0 radical (unpaired) electrons. The van der Waals surface area contributed by atoms with E-state index in [0.717, 1.165) is 25.1 Å². The van der Waals surface area contributed by atoms with Gasteiger partial charge in [-0.25, -0.2) is 4.39 Å². The number of carbonyl (C=O) groups is 1. The van der Waals surface area contributed by atoms with Crippen LogP contribution in [0, 0.1) is 0 Å². The molecule has 3 nitrogen and oxygen atoms in total. The molecular formula is C18H24F4N2O. The van der Waals surface area contributed by atoms with Crippen LogP contribution in [0.5, 0.6) is 0 Å². The largest absolute Gasteiger partial charge is 0.416 e. The molecule has 0 aromatic heterocycles. The van der Waals surface area contributed by atoms with Gasteiger partial charge in [0.25, 0.3) is 0 Å². The van der Waals surface area contributed by atoms with Crippen molar-refractivity contribution < 1.29 is 22.4 Å². The van der Waals surface area contributed by atoms with E-state index in [-0.39, 0.29) is 23.1 Å². The Morgan fingerprint density at radius 1 is 1.04 bits per heavy atom. The highest BCUT2D eigenvalue weighted by Gasteiger charge is 2.36. The molecular weight excluding hydrogens is 336 g/mol. The van der Waals surface area contributed by atoms with Gasteiger partial charge >= 0.3 is 6.18 Å². The third-order valence-electron chi connectivity index (χ3n) is 4.48. The predicted molar refractivity (Wildman–Crippen MR) is 87.8 cm³/mol. The molecule has 0 saturated carbocycles. The highest BCUT2D eigenvalue weighted by Crippen LogP contribution is 2.37. The van der Waals surface area contributed by atoms with Gasteiger partial charge in [0, 0.05) is 0 Å². The van der Waals surface area contributed by atoms with Gasteiger partial charge in [-0.05, 0) is 70.3 Å². The molecule has 1 amide bonds. The van der Waals surface area contributed by atoms with E-state index in [4.69, 9.17) is 0 Å². The van der Waals surface area contributed by atoms with E-state index in [1.807, 2.05) is 0 Å². The van der Waals surface area contributed by atoms with Crippen LogP contribution in [0.3, 0.4) is 0 Å². The maximum atomic E-state index is 14.3. The molecule has 1 heterocycles. The summed E-state index contributed by atoms with van der Waals surface area (Å²) in [6.07, 6.45) is -3.03. The zero-order valence-electron chi connectivity index (χ0n) is 14.9. The second-order valence-electron chi connectivity index (χ2n) is 7.53. The fourth-order valence-corrected chi connectivity index (χ4v) is 2.87. The van der Waals surface area contributed by atoms with Gasteiger partial charge < -0.3 is 10.6 Å². The zero-order chi connectivity index (χ0) is 19.0. The van der Waals surface area contributed by atoms with E-state index < -0.39 is 22.9 Å². The van der Waals surface area contributed by atoms with Crippen LogP contribution in [-0.2, 0) is 22.2 Å². The van der Waals surface area contributed by atoms with Crippen LogP contribution in [0.1, 0.15) is 57.2 Å². The molecule has 1 aromatic rings. The molecule has 1 atom stereocenters. The van der Waals surface area contributed by atoms with E-state index in [1.165, 1.54) is 19.9 Å². The van der Waals surface area contributed by atoms with Crippen molar-refractivity contribution in [3.05, 3.63) is 34.9 Å². The van der Waals surface area contributed by atoms with Gasteiger partial charge in [-0.2, -0.15) is 13.2 Å². The molecule has 7 heteroatoms. The van der Waals surface area contributed by atoms with Crippen molar-refractivity contribution in [1.82, 2.24) is 10.6 Å². The molecule has 0 aliphatic carbocycles. The van der Waals surface area contributed by atoms with Crippen molar-refractivity contribution in [3.63, 3.8) is 0 Å². The van der Waals surface area contributed by atoms with E-state index in [1.54, 1.807) is 13.8 Å². The first kappa shape index (κ1) is 19.7. The third-order valence-corrected chi connectivity index (χ3v) is 4.48. The number of amides is 1. The van der Waals surface area contributed by atoms with Crippen molar-refractivity contribution in [2.75, 3.05) is 6.54 Å². The number of hydrogen-bond acceptors (Lipinski definition) is 2. The van der Waals surface area contributed by atoms with Crippen molar-refractivity contribution in [2.45, 2.75) is 64.0 Å². The molecule has 0 unspecified atom stereocenters. The smallest absolute Gasteiger partial charge is 0.346 e. The molecule has 0 spiro atoms. The first-order valence-corrected chi connectivity index (χ1v) is 8.28. The third kappa shape index (κ3) is 4.71. The fraction of sp³-hybridized carbons (Fsp3) is 0.611. The summed E-state index contributed by atoms with van der Waals surface area (Å²) < 4.78 is 53.9. The summed E-state index contributed by atoms with van der Waals surface area (Å²) in [5.74, 6) is -0.263. The van der Waals surface area contributed by atoms with Crippen LogP contribution in [0.15, 0.2) is 18.2 Å². The highest BCUT2D eigenvalue weighted by atomic mass is 19.4.